The molecule has 0 spiro atoms. The zero-order chi connectivity index (χ0) is 13.1. The second-order valence-corrected chi connectivity index (χ2v) is 4.50. The molecule has 1 aromatic carbocycles. The monoisotopic (exact) mass is 242 g/mol. The van der Waals surface area contributed by atoms with E-state index in [-0.39, 0.29) is 6.04 Å². The van der Waals surface area contributed by atoms with Gasteiger partial charge in [0, 0.05) is 6.20 Å². The standard InChI is InChI=1S/C15H18N2O/c1-10-4-5-11(2)14(6-10)15(16)12-7-13(18-3)9-17-8-12/h4-9,15H,16H2,1-3H3. The number of pyridine rings is 1. The summed E-state index contributed by atoms with van der Waals surface area (Å²) in [6.07, 6.45) is 3.47. The normalized spacial score (nSPS) is 12.2. The minimum absolute atomic E-state index is 0.174. The van der Waals surface area contributed by atoms with Crippen molar-refractivity contribution >= 4 is 0 Å². The van der Waals surface area contributed by atoms with Crippen LogP contribution >= 0.6 is 0 Å². The predicted octanol–water partition coefficient (Wildman–Crippen LogP) is 2.76. The van der Waals surface area contributed by atoms with Gasteiger partial charge >= 0.3 is 0 Å². The van der Waals surface area contributed by atoms with Gasteiger partial charge in [0.05, 0.1) is 19.3 Å². The van der Waals surface area contributed by atoms with Crippen molar-refractivity contribution < 1.29 is 4.74 Å². The zero-order valence-electron chi connectivity index (χ0n) is 11.0. The maximum Gasteiger partial charge on any atom is 0.137 e. The SMILES string of the molecule is COc1cncc(C(N)c2cc(C)ccc2C)c1. The van der Waals surface area contributed by atoms with Gasteiger partial charge in [-0.2, -0.15) is 0 Å². The molecular formula is C15H18N2O. The van der Waals surface area contributed by atoms with Gasteiger partial charge in [0.25, 0.3) is 0 Å². The quantitative estimate of drug-likeness (QED) is 0.900. The first kappa shape index (κ1) is 12.6. The van der Waals surface area contributed by atoms with Gasteiger partial charge in [-0.05, 0) is 36.6 Å². The molecule has 0 amide bonds. The lowest BCUT2D eigenvalue weighted by atomic mass is 9.95. The van der Waals surface area contributed by atoms with Gasteiger partial charge in [0.15, 0.2) is 0 Å². The smallest absolute Gasteiger partial charge is 0.137 e. The van der Waals surface area contributed by atoms with Gasteiger partial charge in [-0.25, -0.2) is 0 Å². The average molecular weight is 242 g/mol. The topological polar surface area (TPSA) is 48.1 Å². The molecule has 0 radical (unpaired) electrons. The third kappa shape index (κ3) is 2.51. The van der Waals surface area contributed by atoms with E-state index in [2.05, 4.69) is 37.0 Å². The first-order valence-electron chi connectivity index (χ1n) is 5.93. The number of nitrogens with two attached hydrogens (primary N) is 1. The van der Waals surface area contributed by atoms with E-state index in [0.29, 0.717) is 0 Å². The molecule has 0 fully saturated rings. The van der Waals surface area contributed by atoms with Crippen molar-refractivity contribution in [1.29, 1.82) is 0 Å². The van der Waals surface area contributed by atoms with E-state index in [1.807, 2.05) is 6.07 Å². The van der Waals surface area contributed by atoms with Crippen LogP contribution in [0.5, 0.6) is 5.75 Å². The average Bonchev–Trinajstić information content (AvgIpc) is 2.41. The van der Waals surface area contributed by atoms with Crippen LogP contribution < -0.4 is 10.5 Å². The molecule has 1 atom stereocenters. The van der Waals surface area contributed by atoms with E-state index in [1.54, 1.807) is 19.5 Å². The Balaban J connectivity index is 2.40. The molecular weight excluding hydrogens is 224 g/mol. The number of nitrogens with zero attached hydrogens (tertiary/aromatic N) is 1. The van der Waals surface area contributed by atoms with Gasteiger partial charge < -0.3 is 10.5 Å². The Morgan fingerprint density at radius 3 is 2.67 bits per heavy atom. The lowest BCUT2D eigenvalue weighted by molar-refractivity contribution is 0.412. The Bertz CT molecular complexity index is 552. The molecule has 0 saturated heterocycles. The number of aryl methyl sites for hydroxylation is 2. The Morgan fingerprint density at radius 2 is 1.94 bits per heavy atom. The van der Waals surface area contributed by atoms with Gasteiger partial charge in [-0.1, -0.05) is 23.8 Å². The van der Waals surface area contributed by atoms with Crippen molar-refractivity contribution in [1.82, 2.24) is 4.98 Å². The third-order valence-corrected chi connectivity index (χ3v) is 3.10. The first-order chi connectivity index (χ1) is 8.61. The van der Waals surface area contributed by atoms with E-state index in [9.17, 15) is 0 Å². The van der Waals surface area contributed by atoms with E-state index >= 15 is 0 Å². The van der Waals surface area contributed by atoms with E-state index < -0.39 is 0 Å². The van der Waals surface area contributed by atoms with Crippen LogP contribution in [0.25, 0.3) is 0 Å². The summed E-state index contributed by atoms with van der Waals surface area (Å²) >= 11 is 0. The van der Waals surface area contributed by atoms with Crippen molar-refractivity contribution in [2.45, 2.75) is 19.9 Å². The summed E-state index contributed by atoms with van der Waals surface area (Å²) in [6, 6.07) is 8.07. The summed E-state index contributed by atoms with van der Waals surface area (Å²) in [5.74, 6) is 0.730. The molecule has 1 heterocycles. The fraction of sp³-hybridized carbons (Fsp3) is 0.267. The summed E-state index contributed by atoms with van der Waals surface area (Å²) in [7, 11) is 1.63. The third-order valence-electron chi connectivity index (χ3n) is 3.10. The van der Waals surface area contributed by atoms with Gasteiger partial charge in [-0.3, -0.25) is 4.98 Å². The van der Waals surface area contributed by atoms with Gasteiger partial charge in [0.1, 0.15) is 5.75 Å². The fourth-order valence-electron chi connectivity index (χ4n) is 1.99. The Morgan fingerprint density at radius 1 is 1.17 bits per heavy atom. The second kappa shape index (κ2) is 5.19. The maximum atomic E-state index is 6.31. The molecule has 0 bridgehead atoms. The summed E-state index contributed by atoms with van der Waals surface area (Å²) in [4.78, 5) is 4.15. The van der Waals surface area contributed by atoms with Crippen LogP contribution in [-0.4, -0.2) is 12.1 Å². The Kier molecular flexibility index (Phi) is 3.63. The molecule has 1 aromatic heterocycles. The number of ether oxygens (including phenoxy) is 1. The minimum atomic E-state index is -0.174. The molecule has 0 saturated carbocycles. The lowest BCUT2D eigenvalue weighted by Gasteiger charge is -2.16. The Hall–Kier alpha value is -1.87. The van der Waals surface area contributed by atoms with Crippen LogP contribution in [0.4, 0.5) is 0 Å². The molecule has 18 heavy (non-hydrogen) atoms. The molecule has 2 rings (SSSR count). The highest BCUT2D eigenvalue weighted by Crippen LogP contribution is 2.25. The van der Waals surface area contributed by atoms with E-state index in [0.717, 1.165) is 16.9 Å². The second-order valence-electron chi connectivity index (χ2n) is 4.50. The van der Waals surface area contributed by atoms with E-state index in [4.69, 9.17) is 10.5 Å². The highest BCUT2D eigenvalue weighted by Gasteiger charge is 2.12. The molecule has 2 aromatic rings. The van der Waals surface area contributed by atoms with Crippen LogP contribution in [-0.2, 0) is 0 Å². The molecule has 3 heteroatoms. The van der Waals surface area contributed by atoms with Crippen LogP contribution in [0.15, 0.2) is 36.7 Å². The molecule has 0 aliphatic carbocycles. The fourth-order valence-corrected chi connectivity index (χ4v) is 1.99. The van der Waals surface area contributed by atoms with Crippen LogP contribution in [0.3, 0.4) is 0 Å². The number of methoxy groups -OCH3 is 1. The highest BCUT2D eigenvalue weighted by molar-refractivity contribution is 5.39. The van der Waals surface area contributed by atoms with Crippen molar-refractivity contribution in [2.75, 3.05) is 7.11 Å². The minimum Gasteiger partial charge on any atom is -0.495 e. The molecule has 1 unspecified atom stereocenters. The maximum absolute atomic E-state index is 6.31. The molecule has 0 aliphatic heterocycles. The van der Waals surface area contributed by atoms with Gasteiger partial charge in [-0.15, -0.1) is 0 Å². The number of hydrogen-bond acceptors (Lipinski definition) is 3. The number of hydrogen-bond donors (Lipinski definition) is 1. The summed E-state index contributed by atoms with van der Waals surface area (Å²) in [5, 5.41) is 0. The van der Waals surface area contributed by atoms with E-state index in [1.165, 1.54) is 11.1 Å². The largest absolute Gasteiger partial charge is 0.495 e. The van der Waals surface area contributed by atoms with Crippen LogP contribution in [0, 0.1) is 13.8 Å². The first-order valence-corrected chi connectivity index (χ1v) is 5.93. The lowest BCUT2D eigenvalue weighted by Crippen LogP contribution is -2.14. The Labute approximate surface area is 108 Å². The molecule has 94 valence electrons. The highest BCUT2D eigenvalue weighted by atomic mass is 16.5. The van der Waals surface area contributed by atoms with Crippen LogP contribution in [0.1, 0.15) is 28.3 Å². The number of aromatic nitrogens is 1. The van der Waals surface area contributed by atoms with Crippen molar-refractivity contribution in [3.63, 3.8) is 0 Å². The zero-order valence-corrected chi connectivity index (χ0v) is 11.0. The number of rotatable bonds is 3. The predicted molar refractivity (Wildman–Crippen MR) is 72.7 cm³/mol. The van der Waals surface area contributed by atoms with Crippen molar-refractivity contribution in [3.05, 3.63) is 58.9 Å². The van der Waals surface area contributed by atoms with Gasteiger partial charge in [0.2, 0.25) is 0 Å². The number of benzene rings is 1. The summed E-state index contributed by atoms with van der Waals surface area (Å²) < 4.78 is 5.18. The van der Waals surface area contributed by atoms with Crippen molar-refractivity contribution in [3.8, 4) is 5.75 Å². The molecule has 3 nitrogen and oxygen atoms in total. The summed E-state index contributed by atoms with van der Waals surface area (Å²) in [5.41, 5.74) is 10.8. The molecule has 0 aliphatic rings. The van der Waals surface area contributed by atoms with Crippen molar-refractivity contribution in [2.24, 2.45) is 5.73 Å². The summed E-state index contributed by atoms with van der Waals surface area (Å²) in [6.45, 7) is 4.14. The molecule has 2 N–H and O–H groups in total. The van der Waals surface area contributed by atoms with Crippen LogP contribution in [0.2, 0.25) is 0 Å².